The van der Waals surface area contributed by atoms with Gasteiger partial charge in [-0.25, -0.2) is 9.59 Å². The van der Waals surface area contributed by atoms with Gasteiger partial charge in [0.1, 0.15) is 0 Å². The van der Waals surface area contributed by atoms with E-state index in [0.29, 0.717) is 26.0 Å². The Hall–Kier alpha value is -1.83. The van der Waals surface area contributed by atoms with Crippen molar-refractivity contribution in [3.63, 3.8) is 0 Å². The Labute approximate surface area is 116 Å². The summed E-state index contributed by atoms with van der Waals surface area (Å²) in [6.45, 7) is 2.39. The van der Waals surface area contributed by atoms with Crippen LogP contribution in [0.15, 0.2) is 0 Å². The number of carboxylic acid groups (broad SMARTS) is 1. The first-order valence-electron chi connectivity index (χ1n) is 6.56. The van der Waals surface area contributed by atoms with Crippen molar-refractivity contribution >= 4 is 18.0 Å². The van der Waals surface area contributed by atoms with Gasteiger partial charge < -0.3 is 25.2 Å². The number of likely N-dealkylation sites (tertiary alicyclic amines) is 1. The lowest BCUT2D eigenvalue weighted by Crippen LogP contribution is -2.49. The summed E-state index contributed by atoms with van der Waals surface area (Å²) in [5.41, 5.74) is 0. The van der Waals surface area contributed by atoms with E-state index in [1.807, 2.05) is 0 Å². The molecule has 1 aliphatic heterocycles. The molecule has 8 heteroatoms. The molecule has 0 bridgehead atoms. The minimum atomic E-state index is -1.63. The molecule has 2 amide bonds. The number of piperidine rings is 1. The van der Waals surface area contributed by atoms with Crippen molar-refractivity contribution in [2.24, 2.45) is 5.92 Å². The Morgan fingerprint density at radius 3 is 2.75 bits per heavy atom. The molecule has 0 saturated carbocycles. The molecule has 1 aliphatic rings. The molecule has 0 spiro atoms. The molecule has 1 heterocycles. The van der Waals surface area contributed by atoms with Gasteiger partial charge in [0.05, 0.1) is 19.1 Å². The minimum Gasteiger partial charge on any atom is -0.479 e. The maximum atomic E-state index is 11.8. The number of carbonyl (C=O) groups is 3. The third kappa shape index (κ3) is 4.69. The van der Waals surface area contributed by atoms with Gasteiger partial charge in [0.15, 0.2) is 6.10 Å². The van der Waals surface area contributed by atoms with Gasteiger partial charge in [-0.3, -0.25) is 4.79 Å². The zero-order valence-electron chi connectivity index (χ0n) is 11.4. The summed E-state index contributed by atoms with van der Waals surface area (Å²) in [7, 11) is 0. The van der Waals surface area contributed by atoms with E-state index < -0.39 is 18.1 Å². The quantitative estimate of drug-likeness (QED) is 0.583. The maximum absolute atomic E-state index is 11.8. The molecule has 1 rings (SSSR count). The number of carboxylic acids is 1. The SMILES string of the molecule is CCOC(=O)C1CCCN(C(=O)NCC(O)C(=O)O)C1. The van der Waals surface area contributed by atoms with E-state index in [2.05, 4.69) is 5.32 Å². The highest BCUT2D eigenvalue weighted by molar-refractivity contribution is 5.78. The number of hydrogen-bond acceptors (Lipinski definition) is 5. The number of amides is 2. The first-order valence-corrected chi connectivity index (χ1v) is 6.56. The van der Waals surface area contributed by atoms with Crippen molar-refractivity contribution in [3.8, 4) is 0 Å². The van der Waals surface area contributed by atoms with E-state index >= 15 is 0 Å². The van der Waals surface area contributed by atoms with Gasteiger partial charge in [-0.05, 0) is 19.8 Å². The van der Waals surface area contributed by atoms with Gasteiger partial charge in [0.2, 0.25) is 0 Å². The van der Waals surface area contributed by atoms with Crippen molar-refractivity contribution in [2.45, 2.75) is 25.9 Å². The van der Waals surface area contributed by atoms with Crippen molar-refractivity contribution in [1.29, 1.82) is 0 Å². The summed E-state index contributed by atoms with van der Waals surface area (Å²) in [4.78, 5) is 35.3. The molecule has 20 heavy (non-hydrogen) atoms. The number of aliphatic carboxylic acids is 1. The Morgan fingerprint density at radius 2 is 2.15 bits per heavy atom. The molecule has 3 N–H and O–H groups in total. The van der Waals surface area contributed by atoms with Gasteiger partial charge in [0, 0.05) is 13.1 Å². The highest BCUT2D eigenvalue weighted by Crippen LogP contribution is 2.17. The van der Waals surface area contributed by atoms with Crippen LogP contribution in [0.3, 0.4) is 0 Å². The number of nitrogens with one attached hydrogen (secondary N) is 1. The van der Waals surface area contributed by atoms with Crippen LogP contribution in [-0.4, -0.2) is 65.4 Å². The van der Waals surface area contributed by atoms with E-state index in [1.54, 1.807) is 6.92 Å². The number of esters is 1. The number of carbonyl (C=O) groups excluding carboxylic acids is 2. The van der Waals surface area contributed by atoms with Crippen molar-refractivity contribution in [3.05, 3.63) is 0 Å². The fourth-order valence-corrected chi connectivity index (χ4v) is 2.00. The lowest BCUT2D eigenvalue weighted by Gasteiger charge is -2.31. The number of aliphatic hydroxyl groups is 1. The monoisotopic (exact) mass is 288 g/mol. The number of ether oxygens (including phenoxy) is 1. The lowest BCUT2D eigenvalue weighted by atomic mass is 9.98. The van der Waals surface area contributed by atoms with Gasteiger partial charge in [-0.15, -0.1) is 0 Å². The van der Waals surface area contributed by atoms with E-state index in [1.165, 1.54) is 4.90 Å². The third-order valence-corrected chi connectivity index (χ3v) is 3.06. The topological polar surface area (TPSA) is 116 Å². The summed E-state index contributed by atoms with van der Waals surface area (Å²) in [5.74, 6) is -2.07. The van der Waals surface area contributed by atoms with Crippen molar-refractivity contribution < 1.29 is 29.3 Å². The Kier molecular flexibility index (Phi) is 6.23. The van der Waals surface area contributed by atoms with E-state index in [0.717, 1.165) is 0 Å². The lowest BCUT2D eigenvalue weighted by molar-refractivity contribution is -0.149. The summed E-state index contributed by atoms with van der Waals surface area (Å²) in [5, 5.41) is 19.9. The fraction of sp³-hybridized carbons (Fsp3) is 0.750. The highest BCUT2D eigenvalue weighted by atomic mass is 16.5. The van der Waals surface area contributed by atoms with Crippen LogP contribution in [0.4, 0.5) is 4.79 Å². The molecule has 0 aromatic rings. The van der Waals surface area contributed by atoms with Gasteiger partial charge in [-0.2, -0.15) is 0 Å². The molecule has 0 radical (unpaired) electrons. The van der Waals surface area contributed by atoms with Gasteiger partial charge in [-0.1, -0.05) is 0 Å². The second-order valence-corrected chi connectivity index (χ2v) is 4.58. The standard InChI is InChI=1S/C12H20N2O6/c1-2-20-11(18)8-4-3-5-14(7-8)12(19)13-6-9(15)10(16)17/h8-9,15H,2-7H2,1H3,(H,13,19)(H,16,17). The second kappa shape index (κ2) is 7.68. The van der Waals surface area contributed by atoms with E-state index in [-0.39, 0.29) is 25.0 Å². The average molecular weight is 288 g/mol. The number of rotatable bonds is 5. The molecule has 0 aromatic carbocycles. The Bertz CT molecular complexity index is 373. The summed E-state index contributed by atoms with van der Waals surface area (Å²) >= 11 is 0. The van der Waals surface area contributed by atoms with E-state index in [4.69, 9.17) is 14.9 Å². The summed E-state index contributed by atoms with van der Waals surface area (Å²) in [6, 6.07) is -0.487. The van der Waals surface area contributed by atoms with Crippen LogP contribution in [0.25, 0.3) is 0 Å². The normalized spacial score (nSPS) is 20.1. The van der Waals surface area contributed by atoms with Crippen LogP contribution in [0, 0.1) is 5.92 Å². The smallest absolute Gasteiger partial charge is 0.334 e. The third-order valence-electron chi connectivity index (χ3n) is 3.06. The molecule has 2 atom stereocenters. The average Bonchev–Trinajstić information content (AvgIpc) is 2.44. The summed E-state index contributed by atoms with van der Waals surface area (Å²) in [6.07, 6.45) is -0.289. The molecule has 114 valence electrons. The van der Waals surface area contributed by atoms with Crippen LogP contribution in [0.5, 0.6) is 0 Å². The zero-order valence-corrected chi connectivity index (χ0v) is 11.4. The number of aliphatic hydroxyl groups excluding tert-OH is 1. The van der Waals surface area contributed by atoms with Gasteiger partial charge in [0.25, 0.3) is 0 Å². The molecule has 8 nitrogen and oxygen atoms in total. The fourth-order valence-electron chi connectivity index (χ4n) is 2.00. The van der Waals surface area contributed by atoms with Crippen LogP contribution in [-0.2, 0) is 14.3 Å². The van der Waals surface area contributed by atoms with Crippen molar-refractivity contribution in [2.75, 3.05) is 26.2 Å². The number of hydrogen-bond donors (Lipinski definition) is 3. The molecule has 1 saturated heterocycles. The van der Waals surface area contributed by atoms with E-state index in [9.17, 15) is 14.4 Å². The summed E-state index contributed by atoms with van der Waals surface area (Å²) < 4.78 is 4.92. The molecular formula is C12H20N2O6. The first-order chi connectivity index (χ1) is 9.45. The Morgan fingerprint density at radius 1 is 1.45 bits per heavy atom. The first kappa shape index (κ1) is 16.2. The predicted molar refractivity (Wildman–Crippen MR) is 68.0 cm³/mol. The largest absolute Gasteiger partial charge is 0.479 e. The maximum Gasteiger partial charge on any atom is 0.334 e. The molecule has 2 unspecified atom stereocenters. The Balaban J connectivity index is 2.44. The molecule has 0 aliphatic carbocycles. The van der Waals surface area contributed by atoms with Crippen LogP contribution in [0.1, 0.15) is 19.8 Å². The molecule has 0 aromatic heterocycles. The number of nitrogens with zero attached hydrogens (tertiary/aromatic N) is 1. The van der Waals surface area contributed by atoms with Crippen molar-refractivity contribution in [1.82, 2.24) is 10.2 Å². The predicted octanol–water partition coefficient (Wildman–Crippen LogP) is -0.583. The second-order valence-electron chi connectivity index (χ2n) is 4.58. The van der Waals surface area contributed by atoms with Crippen LogP contribution < -0.4 is 5.32 Å². The molecular weight excluding hydrogens is 268 g/mol. The van der Waals surface area contributed by atoms with Crippen LogP contribution in [0.2, 0.25) is 0 Å². The number of urea groups is 1. The van der Waals surface area contributed by atoms with Gasteiger partial charge >= 0.3 is 18.0 Å². The van der Waals surface area contributed by atoms with Crippen LogP contribution >= 0.6 is 0 Å². The zero-order chi connectivity index (χ0) is 15.1. The molecule has 1 fully saturated rings. The minimum absolute atomic E-state index is 0.244. The highest BCUT2D eigenvalue weighted by Gasteiger charge is 2.29.